The Kier molecular flexibility index (Phi) is 5.32. The van der Waals surface area contributed by atoms with Crippen LogP contribution in [-0.4, -0.2) is 28.3 Å². The normalized spacial score (nSPS) is 10.9. The van der Waals surface area contributed by atoms with Crippen LogP contribution in [0.1, 0.15) is 10.4 Å². The van der Waals surface area contributed by atoms with Gasteiger partial charge in [0.1, 0.15) is 4.83 Å². The molecule has 0 spiro atoms. The molecule has 5 nitrogen and oxygen atoms in total. The number of nitrogens with zero attached hydrogens (tertiary/aromatic N) is 1. The minimum atomic E-state index is -0.318. The zero-order chi connectivity index (χ0) is 16.9. The van der Waals surface area contributed by atoms with Gasteiger partial charge < -0.3 is 9.72 Å². The van der Waals surface area contributed by atoms with Crippen molar-refractivity contribution >= 4 is 39.3 Å². The maximum absolute atomic E-state index is 12.0. The highest BCUT2D eigenvalue weighted by Crippen LogP contribution is 2.22. The summed E-state index contributed by atoms with van der Waals surface area (Å²) in [5.74, 6) is -0.200. The largest absolute Gasteiger partial charge is 0.465 e. The number of aryl methyl sites for hydroxylation is 1. The van der Waals surface area contributed by atoms with E-state index in [-0.39, 0.29) is 17.3 Å². The molecule has 0 saturated heterocycles. The van der Waals surface area contributed by atoms with Gasteiger partial charge in [-0.25, -0.2) is 4.98 Å². The number of hydrogen-bond donors (Lipinski definition) is 1. The van der Waals surface area contributed by atoms with Crippen LogP contribution in [0.4, 0.5) is 0 Å². The predicted molar refractivity (Wildman–Crippen MR) is 96.8 cm³/mol. The van der Waals surface area contributed by atoms with Crippen molar-refractivity contribution in [2.75, 3.05) is 12.4 Å². The third-order valence-corrected chi connectivity index (χ3v) is 5.12. The standard InChI is InChI=1S/C17H16N2O3S2/c1-11-9-13-15(21)18-17(19-16(13)24-11)23-10-14(20)22-8-7-12-5-3-2-4-6-12/h2-6,9H,7-8,10H2,1H3,(H,18,19,21). The molecule has 2 heterocycles. The van der Waals surface area contributed by atoms with Crippen LogP contribution in [0.15, 0.2) is 46.3 Å². The average molecular weight is 360 g/mol. The number of fused-ring (bicyclic) bond motifs is 1. The Morgan fingerprint density at radius 3 is 2.92 bits per heavy atom. The molecule has 0 fully saturated rings. The summed E-state index contributed by atoms with van der Waals surface area (Å²) in [4.78, 5) is 32.6. The number of H-pyrrole nitrogens is 1. The number of aromatic nitrogens is 2. The second-order valence-electron chi connectivity index (χ2n) is 5.19. The molecule has 0 radical (unpaired) electrons. The van der Waals surface area contributed by atoms with Gasteiger partial charge in [-0.1, -0.05) is 42.1 Å². The number of carbonyl (C=O) groups is 1. The van der Waals surface area contributed by atoms with Gasteiger partial charge in [0.2, 0.25) is 0 Å². The van der Waals surface area contributed by atoms with E-state index >= 15 is 0 Å². The van der Waals surface area contributed by atoms with Crippen molar-refractivity contribution in [2.24, 2.45) is 0 Å². The van der Waals surface area contributed by atoms with Crippen molar-refractivity contribution < 1.29 is 9.53 Å². The lowest BCUT2D eigenvalue weighted by atomic mass is 10.2. The summed E-state index contributed by atoms with van der Waals surface area (Å²) >= 11 is 2.64. The van der Waals surface area contributed by atoms with Crippen LogP contribution in [0.2, 0.25) is 0 Å². The monoisotopic (exact) mass is 360 g/mol. The van der Waals surface area contributed by atoms with Crippen LogP contribution in [-0.2, 0) is 16.0 Å². The molecule has 0 bridgehead atoms. The van der Waals surface area contributed by atoms with Crippen LogP contribution >= 0.6 is 23.1 Å². The number of aromatic amines is 1. The summed E-state index contributed by atoms with van der Waals surface area (Å²) in [7, 11) is 0. The van der Waals surface area contributed by atoms with E-state index in [1.54, 1.807) is 0 Å². The number of carbonyl (C=O) groups excluding carboxylic acids is 1. The quantitative estimate of drug-likeness (QED) is 0.415. The Balaban J connectivity index is 1.52. The van der Waals surface area contributed by atoms with E-state index < -0.39 is 0 Å². The van der Waals surface area contributed by atoms with Crippen LogP contribution in [0.3, 0.4) is 0 Å². The highest BCUT2D eigenvalue weighted by molar-refractivity contribution is 7.99. The zero-order valence-electron chi connectivity index (χ0n) is 13.1. The molecule has 7 heteroatoms. The second kappa shape index (κ2) is 7.63. The average Bonchev–Trinajstić information content (AvgIpc) is 2.95. The topological polar surface area (TPSA) is 72.0 Å². The SMILES string of the molecule is Cc1cc2c(=O)[nH]c(SCC(=O)OCCc3ccccc3)nc2s1. The molecule has 24 heavy (non-hydrogen) atoms. The number of esters is 1. The fourth-order valence-corrected chi connectivity index (χ4v) is 3.79. The zero-order valence-corrected chi connectivity index (χ0v) is 14.7. The minimum absolute atomic E-state index is 0.119. The first-order chi connectivity index (χ1) is 11.6. The van der Waals surface area contributed by atoms with Gasteiger partial charge in [0.25, 0.3) is 5.56 Å². The van der Waals surface area contributed by atoms with E-state index in [0.29, 0.717) is 28.4 Å². The molecule has 0 saturated carbocycles. The number of rotatable bonds is 6. The van der Waals surface area contributed by atoms with Crippen LogP contribution in [0, 0.1) is 6.92 Å². The van der Waals surface area contributed by atoms with Gasteiger partial charge in [0, 0.05) is 11.3 Å². The summed E-state index contributed by atoms with van der Waals surface area (Å²) in [6.07, 6.45) is 0.687. The number of hydrogen-bond acceptors (Lipinski definition) is 6. The Bertz CT molecular complexity index is 903. The Labute approximate surface area is 147 Å². The number of thiophene rings is 1. The van der Waals surface area contributed by atoms with E-state index in [9.17, 15) is 9.59 Å². The highest BCUT2D eigenvalue weighted by Gasteiger charge is 2.10. The lowest BCUT2D eigenvalue weighted by Gasteiger charge is -2.04. The molecule has 0 aliphatic heterocycles. The summed E-state index contributed by atoms with van der Waals surface area (Å²) < 4.78 is 5.21. The summed E-state index contributed by atoms with van der Waals surface area (Å²) in [6.45, 7) is 2.28. The molecule has 1 aromatic carbocycles. The number of benzene rings is 1. The molecule has 0 amide bonds. The van der Waals surface area contributed by atoms with Gasteiger partial charge in [-0.05, 0) is 18.6 Å². The van der Waals surface area contributed by atoms with Crippen LogP contribution in [0.5, 0.6) is 0 Å². The Hall–Kier alpha value is -2.12. The molecule has 3 rings (SSSR count). The first kappa shape index (κ1) is 16.7. The predicted octanol–water partition coefficient (Wildman–Crippen LogP) is 3.17. The van der Waals surface area contributed by atoms with E-state index in [1.165, 1.54) is 23.1 Å². The third-order valence-electron chi connectivity index (χ3n) is 3.33. The molecule has 0 unspecified atom stereocenters. The van der Waals surface area contributed by atoms with Gasteiger partial charge in [-0.3, -0.25) is 9.59 Å². The maximum atomic E-state index is 12.0. The van der Waals surface area contributed by atoms with E-state index in [2.05, 4.69) is 9.97 Å². The smallest absolute Gasteiger partial charge is 0.316 e. The van der Waals surface area contributed by atoms with Gasteiger partial charge in [-0.15, -0.1) is 11.3 Å². The van der Waals surface area contributed by atoms with Crippen LogP contribution in [0.25, 0.3) is 10.2 Å². The number of nitrogens with one attached hydrogen (secondary N) is 1. The molecule has 0 atom stereocenters. The first-order valence-corrected chi connectivity index (χ1v) is 9.25. The first-order valence-electron chi connectivity index (χ1n) is 7.44. The van der Waals surface area contributed by atoms with Crippen molar-refractivity contribution in [1.29, 1.82) is 0 Å². The number of ether oxygens (including phenoxy) is 1. The van der Waals surface area contributed by atoms with Crippen molar-refractivity contribution in [3.63, 3.8) is 0 Å². The van der Waals surface area contributed by atoms with E-state index in [4.69, 9.17) is 4.74 Å². The molecule has 2 aromatic heterocycles. The van der Waals surface area contributed by atoms with Gasteiger partial charge >= 0.3 is 5.97 Å². The summed E-state index contributed by atoms with van der Waals surface area (Å²) in [5.41, 5.74) is 0.951. The summed E-state index contributed by atoms with van der Waals surface area (Å²) in [5, 5.41) is 1.03. The Morgan fingerprint density at radius 2 is 2.12 bits per heavy atom. The molecule has 3 aromatic rings. The lowest BCUT2D eigenvalue weighted by molar-refractivity contribution is -0.140. The van der Waals surface area contributed by atoms with E-state index in [0.717, 1.165) is 10.4 Å². The van der Waals surface area contributed by atoms with Gasteiger partial charge in [0.05, 0.1) is 17.7 Å². The molecule has 124 valence electrons. The molecule has 0 aliphatic rings. The van der Waals surface area contributed by atoms with Gasteiger partial charge in [0.15, 0.2) is 5.16 Å². The Morgan fingerprint density at radius 1 is 1.33 bits per heavy atom. The van der Waals surface area contributed by atoms with Crippen LogP contribution < -0.4 is 5.56 Å². The lowest BCUT2D eigenvalue weighted by Crippen LogP contribution is -2.12. The highest BCUT2D eigenvalue weighted by atomic mass is 32.2. The fourth-order valence-electron chi connectivity index (χ4n) is 2.20. The number of thioether (sulfide) groups is 1. The maximum Gasteiger partial charge on any atom is 0.316 e. The molecule has 0 aliphatic carbocycles. The van der Waals surface area contributed by atoms with Crippen molar-refractivity contribution in [3.05, 3.63) is 57.2 Å². The molecule has 1 N–H and O–H groups in total. The molecular weight excluding hydrogens is 344 g/mol. The molecular formula is C17H16N2O3S2. The van der Waals surface area contributed by atoms with Crippen molar-refractivity contribution in [1.82, 2.24) is 9.97 Å². The summed E-state index contributed by atoms with van der Waals surface area (Å²) in [6, 6.07) is 11.7. The third kappa shape index (κ3) is 4.24. The minimum Gasteiger partial charge on any atom is -0.465 e. The fraction of sp³-hybridized carbons (Fsp3) is 0.235. The van der Waals surface area contributed by atoms with Crippen molar-refractivity contribution in [3.8, 4) is 0 Å². The second-order valence-corrected chi connectivity index (χ2v) is 7.39. The van der Waals surface area contributed by atoms with Gasteiger partial charge in [-0.2, -0.15) is 0 Å². The van der Waals surface area contributed by atoms with E-state index in [1.807, 2.05) is 43.3 Å². The van der Waals surface area contributed by atoms with Crippen molar-refractivity contribution in [2.45, 2.75) is 18.5 Å².